The average molecular weight is 281 g/mol. The van der Waals surface area contributed by atoms with Crippen LogP contribution in [0.2, 0.25) is 0 Å². The highest BCUT2D eigenvalue weighted by Gasteiger charge is 2.37. The van der Waals surface area contributed by atoms with Crippen molar-refractivity contribution in [3.8, 4) is 0 Å². The van der Waals surface area contributed by atoms with Crippen molar-refractivity contribution in [1.29, 1.82) is 0 Å². The number of hydrogen-bond acceptors (Lipinski definition) is 4. The quantitative estimate of drug-likeness (QED) is 0.834. The molecule has 2 aliphatic rings. The summed E-state index contributed by atoms with van der Waals surface area (Å²) in [5.74, 6) is 0. The van der Waals surface area contributed by atoms with Gasteiger partial charge in [0.2, 0.25) is 10.0 Å². The number of nitrogens with zero attached hydrogens (tertiary/aromatic N) is 1. The van der Waals surface area contributed by atoms with Gasteiger partial charge in [-0.3, -0.25) is 0 Å². The van der Waals surface area contributed by atoms with E-state index in [4.69, 9.17) is 5.73 Å². The third-order valence-corrected chi connectivity index (χ3v) is 5.83. The molecule has 0 aliphatic carbocycles. The predicted molar refractivity (Wildman–Crippen MR) is 73.0 cm³/mol. The molecule has 6 heteroatoms. The molecule has 2 fully saturated rings. The molecule has 0 amide bonds. The maximum Gasteiger partial charge on any atom is 0.243 e. The van der Waals surface area contributed by atoms with Gasteiger partial charge in [-0.2, -0.15) is 4.31 Å². The maximum atomic E-state index is 12.6. The van der Waals surface area contributed by atoms with Crippen molar-refractivity contribution in [3.05, 3.63) is 29.8 Å². The summed E-state index contributed by atoms with van der Waals surface area (Å²) in [5, 5.41) is 3.44. The lowest BCUT2D eigenvalue weighted by atomic mass is 10.2. The average Bonchev–Trinajstić information content (AvgIpc) is 2.77. The Labute approximate surface area is 113 Å². The normalized spacial score (nSPS) is 27.6. The number of fused-ring (bicyclic) bond motifs is 2. The summed E-state index contributed by atoms with van der Waals surface area (Å²) in [5.41, 5.74) is 6.47. The molecular formula is C13H19N3O2S. The molecule has 5 nitrogen and oxygen atoms in total. The SMILES string of the molecule is NCc1ccc(S(=O)(=O)N2CC3CCC(C2)N3)cc1. The summed E-state index contributed by atoms with van der Waals surface area (Å²) in [4.78, 5) is 0.367. The molecule has 3 rings (SSSR count). The van der Waals surface area contributed by atoms with Crippen molar-refractivity contribution in [3.63, 3.8) is 0 Å². The molecule has 2 saturated heterocycles. The molecule has 1 aromatic rings. The zero-order valence-corrected chi connectivity index (χ0v) is 11.6. The van der Waals surface area contributed by atoms with Crippen LogP contribution in [0.3, 0.4) is 0 Å². The smallest absolute Gasteiger partial charge is 0.243 e. The van der Waals surface area contributed by atoms with Gasteiger partial charge in [0, 0.05) is 31.7 Å². The molecule has 2 aliphatic heterocycles. The van der Waals surface area contributed by atoms with Crippen LogP contribution in [-0.2, 0) is 16.6 Å². The number of nitrogens with one attached hydrogen (secondary N) is 1. The molecule has 2 atom stereocenters. The minimum atomic E-state index is -3.36. The van der Waals surface area contributed by atoms with E-state index in [9.17, 15) is 8.42 Å². The van der Waals surface area contributed by atoms with Gasteiger partial charge in [-0.1, -0.05) is 12.1 Å². The number of sulfonamides is 1. The van der Waals surface area contributed by atoms with E-state index in [-0.39, 0.29) is 0 Å². The second-order valence-electron chi connectivity index (χ2n) is 5.31. The monoisotopic (exact) mass is 281 g/mol. The lowest BCUT2D eigenvalue weighted by Crippen LogP contribution is -2.52. The molecule has 0 radical (unpaired) electrons. The van der Waals surface area contributed by atoms with Crippen LogP contribution in [-0.4, -0.2) is 37.9 Å². The van der Waals surface area contributed by atoms with Crippen LogP contribution in [0, 0.1) is 0 Å². The fourth-order valence-electron chi connectivity index (χ4n) is 2.90. The van der Waals surface area contributed by atoms with Crippen LogP contribution >= 0.6 is 0 Å². The lowest BCUT2D eigenvalue weighted by molar-refractivity contribution is 0.296. The standard InChI is InChI=1S/C13H19N3O2S/c14-7-10-1-5-13(6-2-10)19(17,18)16-8-11-3-4-12(9-16)15-11/h1-2,5-6,11-12,15H,3-4,7-9,14H2. The fraction of sp³-hybridized carbons (Fsp3) is 0.538. The van der Waals surface area contributed by atoms with Gasteiger partial charge in [-0.25, -0.2) is 8.42 Å². The molecule has 1 aromatic carbocycles. The molecular weight excluding hydrogens is 262 g/mol. The van der Waals surface area contributed by atoms with Crippen molar-refractivity contribution >= 4 is 10.0 Å². The number of benzene rings is 1. The first-order chi connectivity index (χ1) is 9.09. The number of piperazine rings is 1. The van der Waals surface area contributed by atoms with Crippen molar-refractivity contribution < 1.29 is 8.42 Å². The number of hydrogen-bond donors (Lipinski definition) is 2. The maximum absolute atomic E-state index is 12.6. The van der Waals surface area contributed by atoms with Crippen molar-refractivity contribution in [2.24, 2.45) is 5.73 Å². The molecule has 3 N–H and O–H groups in total. The van der Waals surface area contributed by atoms with E-state index in [2.05, 4.69) is 5.32 Å². The zero-order chi connectivity index (χ0) is 13.5. The molecule has 0 spiro atoms. The van der Waals surface area contributed by atoms with Crippen LogP contribution < -0.4 is 11.1 Å². The minimum absolute atomic E-state index is 0.317. The van der Waals surface area contributed by atoms with Crippen LogP contribution in [0.25, 0.3) is 0 Å². The third kappa shape index (κ3) is 2.41. The van der Waals surface area contributed by atoms with E-state index >= 15 is 0 Å². The van der Waals surface area contributed by atoms with E-state index in [1.807, 2.05) is 0 Å². The molecule has 2 bridgehead atoms. The highest BCUT2D eigenvalue weighted by molar-refractivity contribution is 7.89. The highest BCUT2D eigenvalue weighted by Crippen LogP contribution is 2.25. The first-order valence-corrected chi connectivity index (χ1v) is 8.09. The topological polar surface area (TPSA) is 75.4 Å². The van der Waals surface area contributed by atoms with Gasteiger partial charge in [0.25, 0.3) is 0 Å². The Bertz CT molecular complexity index is 544. The summed E-state index contributed by atoms with van der Waals surface area (Å²) in [7, 11) is -3.36. The van der Waals surface area contributed by atoms with Gasteiger partial charge in [0.1, 0.15) is 0 Å². The van der Waals surface area contributed by atoms with Gasteiger partial charge >= 0.3 is 0 Å². The van der Waals surface area contributed by atoms with Crippen molar-refractivity contribution in [2.45, 2.75) is 36.4 Å². The molecule has 2 heterocycles. The summed E-state index contributed by atoms with van der Waals surface area (Å²) >= 11 is 0. The molecule has 0 saturated carbocycles. The number of nitrogens with two attached hydrogens (primary N) is 1. The Morgan fingerprint density at radius 3 is 2.26 bits per heavy atom. The summed E-state index contributed by atoms with van der Waals surface area (Å²) in [6, 6.07) is 7.50. The Balaban J connectivity index is 1.85. The third-order valence-electron chi connectivity index (χ3n) is 3.98. The Morgan fingerprint density at radius 2 is 1.74 bits per heavy atom. The second kappa shape index (κ2) is 4.86. The predicted octanol–water partition coefficient (Wildman–Crippen LogP) is 0.270. The van der Waals surface area contributed by atoms with Crippen LogP contribution in [0.5, 0.6) is 0 Å². The van der Waals surface area contributed by atoms with Gasteiger partial charge in [0.05, 0.1) is 4.90 Å². The molecule has 2 unspecified atom stereocenters. The zero-order valence-electron chi connectivity index (χ0n) is 10.7. The summed E-state index contributed by atoms with van der Waals surface area (Å²) < 4.78 is 26.8. The Kier molecular flexibility index (Phi) is 3.34. The van der Waals surface area contributed by atoms with Gasteiger partial charge in [-0.15, -0.1) is 0 Å². The highest BCUT2D eigenvalue weighted by atomic mass is 32.2. The molecule has 104 valence electrons. The van der Waals surface area contributed by atoms with Crippen molar-refractivity contribution in [1.82, 2.24) is 9.62 Å². The van der Waals surface area contributed by atoms with Crippen molar-refractivity contribution in [2.75, 3.05) is 13.1 Å². The minimum Gasteiger partial charge on any atom is -0.326 e. The molecule has 0 aromatic heterocycles. The van der Waals surface area contributed by atoms with Crippen LogP contribution in [0.4, 0.5) is 0 Å². The lowest BCUT2D eigenvalue weighted by Gasteiger charge is -2.31. The summed E-state index contributed by atoms with van der Waals surface area (Å²) in [6.45, 7) is 1.59. The Morgan fingerprint density at radius 1 is 1.16 bits per heavy atom. The number of rotatable bonds is 3. The van der Waals surface area contributed by atoms with E-state index in [0.29, 0.717) is 36.6 Å². The van der Waals surface area contributed by atoms with Gasteiger partial charge in [0.15, 0.2) is 0 Å². The second-order valence-corrected chi connectivity index (χ2v) is 7.25. The van der Waals surface area contributed by atoms with E-state index in [1.54, 1.807) is 28.6 Å². The first-order valence-electron chi connectivity index (χ1n) is 6.65. The summed E-state index contributed by atoms with van der Waals surface area (Å²) in [6.07, 6.45) is 2.14. The van der Waals surface area contributed by atoms with Crippen LogP contribution in [0.1, 0.15) is 18.4 Å². The Hall–Kier alpha value is -0.950. The van der Waals surface area contributed by atoms with Gasteiger partial charge in [-0.05, 0) is 30.5 Å². The van der Waals surface area contributed by atoms with Crippen LogP contribution in [0.15, 0.2) is 29.2 Å². The van der Waals surface area contributed by atoms with E-state index in [1.165, 1.54) is 0 Å². The largest absolute Gasteiger partial charge is 0.326 e. The van der Waals surface area contributed by atoms with E-state index < -0.39 is 10.0 Å². The molecule has 19 heavy (non-hydrogen) atoms. The van der Waals surface area contributed by atoms with E-state index in [0.717, 1.165) is 18.4 Å². The first kappa shape index (κ1) is 13.1. The van der Waals surface area contributed by atoms with Gasteiger partial charge < -0.3 is 11.1 Å². The fourth-order valence-corrected chi connectivity index (χ4v) is 4.43.